The summed E-state index contributed by atoms with van der Waals surface area (Å²) in [7, 11) is 1.78. The van der Waals surface area contributed by atoms with Gasteiger partial charge in [-0.15, -0.1) is 0 Å². The fraction of sp³-hybridized carbons (Fsp3) is 0.526. The van der Waals surface area contributed by atoms with Crippen molar-refractivity contribution in [1.29, 1.82) is 5.26 Å². The number of aliphatic imine (C=N–C) groups is 1. The van der Waals surface area contributed by atoms with E-state index in [0.717, 1.165) is 50.5 Å². The molecule has 0 spiro atoms. The van der Waals surface area contributed by atoms with E-state index in [1.54, 1.807) is 13.1 Å². The van der Waals surface area contributed by atoms with Crippen LogP contribution in [0.25, 0.3) is 0 Å². The molecule has 1 aromatic rings. The van der Waals surface area contributed by atoms with Gasteiger partial charge in [-0.05, 0) is 30.5 Å². The minimum Gasteiger partial charge on any atom is -0.352 e. The smallest absolute Gasteiger partial charge is 0.234 e. The van der Waals surface area contributed by atoms with Crippen LogP contribution in [0.1, 0.15) is 24.0 Å². The maximum absolute atomic E-state index is 11.9. The third-order valence-corrected chi connectivity index (χ3v) is 4.70. The van der Waals surface area contributed by atoms with Crippen molar-refractivity contribution in [2.24, 2.45) is 4.99 Å². The molecule has 1 saturated carbocycles. The number of nitrogens with zero attached hydrogens (tertiary/aromatic N) is 4. The molecule has 0 atom stereocenters. The zero-order valence-corrected chi connectivity index (χ0v) is 15.2. The molecule has 0 unspecified atom stereocenters. The van der Waals surface area contributed by atoms with Gasteiger partial charge in [0.15, 0.2) is 5.96 Å². The van der Waals surface area contributed by atoms with Gasteiger partial charge in [-0.1, -0.05) is 12.1 Å². The first-order chi connectivity index (χ1) is 12.7. The van der Waals surface area contributed by atoms with Crippen LogP contribution >= 0.6 is 0 Å². The lowest BCUT2D eigenvalue weighted by Crippen LogP contribution is -2.54. The molecule has 1 heterocycles. The third kappa shape index (κ3) is 5.20. The van der Waals surface area contributed by atoms with Crippen LogP contribution in [0.2, 0.25) is 0 Å². The normalized spacial score (nSPS) is 18.3. The Hall–Kier alpha value is -2.59. The number of carbonyl (C=O) groups excluding carboxylic acids is 1. The Morgan fingerprint density at radius 1 is 1.31 bits per heavy atom. The molecule has 1 aliphatic heterocycles. The number of guanidine groups is 1. The zero-order valence-electron chi connectivity index (χ0n) is 15.2. The van der Waals surface area contributed by atoms with Crippen molar-refractivity contribution in [2.75, 3.05) is 39.8 Å². The number of piperazine rings is 1. The fourth-order valence-electron chi connectivity index (χ4n) is 3.09. The van der Waals surface area contributed by atoms with Crippen LogP contribution in [0.3, 0.4) is 0 Å². The van der Waals surface area contributed by atoms with Gasteiger partial charge in [0.25, 0.3) is 0 Å². The zero-order chi connectivity index (χ0) is 18.4. The summed E-state index contributed by atoms with van der Waals surface area (Å²) in [4.78, 5) is 20.7. The van der Waals surface area contributed by atoms with Gasteiger partial charge in [0.2, 0.25) is 5.91 Å². The van der Waals surface area contributed by atoms with Gasteiger partial charge in [0, 0.05) is 45.8 Å². The average molecular weight is 354 g/mol. The summed E-state index contributed by atoms with van der Waals surface area (Å²) < 4.78 is 0. The summed E-state index contributed by atoms with van der Waals surface area (Å²) >= 11 is 0. The number of rotatable bonds is 5. The summed E-state index contributed by atoms with van der Waals surface area (Å²) in [5, 5.41) is 15.4. The van der Waals surface area contributed by atoms with E-state index in [4.69, 9.17) is 5.26 Å². The molecule has 26 heavy (non-hydrogen) atoms. The number of amides is 1. The largest absolute Gasteiger partial charge is 0.352 e. The third-order valence-electron chi connectivity index (χ3n) is 4.70. The Morgan fingerprint density at radius 2 is 2.08 bits per heavy atom. The SMILES string of the molecule is CN=C(NCc1cccc(C#N)c1)N1CCN(CC(=O)NC2CC2)CC1. The molecule has 138 valence electrons. The summed E-state index contributed by atoms with van der Waals surface area (Å²) in [6.45, 7) is 4.50. The van der Waals surface area contributed by atoms with Crippen LogP contribution in [0, 0.1) is 11.3 Å². The van der Waals surface area contributed by atoms with Crippen molar-refractivity contribution in [3.05, 3.63) is 35.4 Å². The number of nitriles is 1. The molecular formula is C19H26N6O. The predicted octanol–water partition coefficient (Wildman–Crippen LogP) is 0.530. The highest BCUT2D eigenvalue weighted by Gasteiger charge is 2.25. The lowest BCUT2D eigenvalue weighted by Gasteiger charge is -2.36. The molecular weight excluding hydrogens is 328 g/mol. The second-order valence-corrected chi connectivity index (χ2v) is 6.82. The standard InChI is InChI=1S/C19H26N6O/c1-21-19(22-13-16-4-2-3-15(11-16)12-20)25-9-7-24(8-10-25)14-18(26)23-17-5-6-17/h2-4,11,17H,5-10,13-14H2,1H3,(H,21,22)(H,23,26). The minimum atomic E-state index is 0.140. The molecule has 2 fully saturated rings. The van der Waals surface area contributed by atoms with Crippen LogP contribution in [-0.2, 0) is 11.3 Å². The van der Waals surface area contributed by atoms with E-state index in [1.165, 1.54) is 0 Å². The highest BCUT2D eigenvalue weighted by Crippen LogP contribution is 2.18. The number of carbonyl (C=O) groups is 1. The first-order valence-corrected chi connectivity index (χ1v) is 9.14. The summed E-state index contributed by atoms with van der Waals surface area (Å²) in [5.41, 5.74) is 1.72. The van der Waals surface area contributed by atoms with Crippen molar-refractivity contribution in [3.63, 3.8) is 0 Å². The molecule has 1 aromatic carbocycles. The van der Waals surface area contributed by atoms with Crippen molar-refractivity contribution in [2.45, 2.75) is 25.4 Å². The number of hydrogen-bond acceptors (Lipinski definition) is 4. The lowest BCUT2D eigenvalue weighted by molar-refractivity contribution is -0.122. The molecule has 1 aliphatic carbocycles. The van der Waals surface area contributed by atoms with Gasteiger partial charge in [-0.25, -0.2) is 0 Å². The van der Waals surface area contributed by atoms with Crippen molar-refractivity contribution < 1.29 is 4.79 Å². The van der Waals surface area contributed by atoms with E-state index in [9.17, 15) is 4.79 Å². The Balaban J connectivity index is 1.44. The van der Waals surface area contributed by atoms with E-state index in [2.05, 4.69) is 31.5 Å². The second kappa shape index (κ2) is 8.68. The van der Waals surface area contributed by atoms with Gasteiger partial charge < -0.3 is 15.5 Å². The quantitative estimate of drug-likeness (QED) is 0.595. The maximum Gasteiger partial charge on any atom is 0.234 e. The molecule has 7 heteroatoms. The number of benzene rings is 1. The molecule has 1 saturated heterocycles. The molecule has 0 radical (unpaired) electrons. The fourth-order valence-corrected chi connectivity index (χ4v) is 3.09. The van der Waals surface area contributed by atoms with Crippen LogP contribution < -0.4 is 10.6 Å². The van der Waals surface area contributed by atoms with E-state index in [0.29, 0.717) is 24.7 Å². The van der Waals surface area contributed by atoms with Crippen molar-refractivity contribution in [3.8, 4) is 6.07 Å². The Bertz CT molecular complexity index is 698. The van der Waals surface area contributed by atoms with Gasteiger partial charge in [0.05, 0.1) is 18.2 Å². The number of nitrogens with one attached hydrogen (secondary N) is 2. The summed E-state index contributed by atoms with van der Waals surface area (Å²) in [6, 6.07) is 10.2. The molecule has 1 amide bonds. The van der Waals surface area contributed by atoms with Crippen LogP contribution in [0.15, 0.2) is 29.3 Å². The van der Waals surface area contributed by atoms with E-state index < -0.39 is 0 Å². The van der Waals surface area contributed by atoms with E-state index in [1.807, 2.05) is 18.2 Å². The van der Waals surface area contributed by atoms with Crippen LogP contribution in [0.5, 0.6) is 0 Å². The van der Waals surface area contributed by atoms with Gasteiger partial charge in [-0.2, -0.15) is 5.26 Å². The van der Waals surface area contributed by atoms with Crippen molar-refractivity contribution >= 4 is 11.9 Å². The first kappa shape index (κ1) is 18.2. The van der Waals surface area contributed by atoms with E-state index >= 15 is 0 Å². The Morgan fingerprint density at radius 3 is 2.73 bits per heavy atom. The van der Waals surface area contributed by atoms with Gasteiger partial charge in [-0.3, -0.25) is 14.7 Å². The summed E-state index contributed by atoms with van der Waals surface area (Å²) in [5.74, 6) is 0.996. The second-order valence-electron chi connectivity index (χ2n) is 6.82. The van der Waals surface area contributed by atoms with Crippen LogP contribution in [0.4, 0.5) is 0 Å². The maximum atomic E-state index is 11.9. The van der Waals surface area contributed by atoms with Gasteiger partial charge >= 0.3 is 0 Å². The van der Waals surface area contributed by atoms with Gasteiger partial charge in [0.1, 0.15) is 0 Å². The highest BCUT2D eigenvalue weighted by atomic mass is 16.2. The highest BCUT2D eigenvalue weighted by molar-refractivity contribution is 5.80. The predicted molar refractivity (Wildman–Crippen MR) is 101 cm³/mol. The Labute approximate surface area is 154 Å². The monoisotopic (exact) mass is 354 g/mol. The number of hydrogen-bond donors (Lipinski definition) is 2. The molecule has 0 aromatic heterocycles. The topological polar surface area (TPSA) is 83.8 Å². The average Bonchev–Trinajstić information content (AvgIpc) is 3.47. The molecule has 2 aliphatic rings. The minimum absolute atomic E-state index is 0.140. The molecule has 2 N–H and O–H groups in total. The molecule has 7 nitrogen and oxygen atoms in total. The first-order valence-electron chi connectivity index (χ1n) is 9.14. The van der Waals surface area contributed by atoms with E-state index in [-0.39, 0.29) is 5.91 Å². The molecule has 3 rings (SSSR count). The van der Waals surface area contributed by atoms with Crippen molar-refractivity contribution in [1.82, 2.24) is 20.4 Å². The molecule has 0 bridgehead atoms. The Kier molecular flexibility index (Phi) is 6.08. The summed E-state index contributed by atoms with van der Waals surface area (Å²) in [6.07, 6.45) is 2.25. The lowest BCUT2D eigenvalue weighted by atomic mass is 10.1. The van der Waals surface area contributed by atoms with Crippen LogP contribution in [-0.4, -0.2) is 67.5 Å².